The third kappa shape index (κ3) is 3.84. The number of ether oxygens (including phenoxy) is 2. The third-order valence-corrected chi connectivity index (χ3v) is 6.05. The van der Waals surface area contributed by atoms with Crippen LogP contribution in [0, 0.1) is 0 Å². The van der Waals surface area contributed by atoms with E-state index in [1.54, 1.807) is 18.2 Å². The van der Waals surface area contributed by atoms with E-state index < -0.39 is 17.2 Å². The summed E-state index contributed by atoms with van der Waals surface area (Å²) in [5.41, 5.74) is 1.87. The van der Waals surface area contributed by atoms with E-state index in [1.807, 2.05) is 31.5 Å². The topological polar surface area (TPSA) is 38.5 Å². The molecule has 0 saturated carbocycles. The minimum absolute atomic E-state index is 0.392. The summed E-state index contributed by atoms with van der Waals surface area (Å²) in [6.07, 6.45) is 0.519. The van der Waals surface area contributed by atoms with E-state index in [0.29, 0.717) is 34.6 Å². The predicted octanol–water partition coefficient (Wildman–Crippen LogP) is 5.64. The molecular weight excluding hydrogens is 407 g/mol. The first-order valence-corrected chi connectivity index (χ1v) is 9.82. The van der Waals surface area contributed by atoms with Crippen LogP contribution in [0.4, 0.5) is 18.9 Å². The van der Waals surface area contributed by atoms with E-state index in [0.717, 1.165) is 23.8 Å². The van der Waals surface area contributed by atoms with Crippen LogP contribution in [0.25, 0.3) is 6.08 Å². The number of halogens is 3. The van der Waals surface area contributed by atoms with Gasteiger partial charge in [0.05, 0.1) is 25.2 Å². The number of carbonyl (C=O) groups is 1. The number of rotatable bonds is 6. The van der Waals surface area contributed by atoms with Gasteiger partial charge in [-0.05, 0) is 37.6 Å². The van der Waals surface area contributed by atoms with Crippen LogP contribution in [-0.2, 0) is 11.6 Å². The second-order valence-corrected chi connectivity index (χ2v) is 7.64. The van der Waals surface area contributed by atoms with Crippen molar-refractivity contribution in [1.82, 2.24) is 0 Å². The molecule has 1 heterocycles. The molecule has 1 atom stereocenters. The predicted molar refractivity (Wildman–Crippen MR) is 114 cm³/mol. The number of benzene rings is 2. The number of nitrogens with zero attached hydrogens (tertiary/aromatic N) is 1. The first-order chi connectivity index (χ1) is 14.6. The van der Waals surface area contributed by atoms with Crippen LogP contribution in [-0.4, -0.2) is 37.8 Å². The number of fused-ring (bicyclic) bond motifs is 1. The van der Waals surface area contributed by atoms with Crippen LogP contribution < -0.4 is 9.47 Å². The second kappa shape index (κ2) is 8.21. The molecule has 0 saturated heterocycles. The molecule has 4 nitrogen and oxygen atoms in total. The average Bonchev–Trinajstić information content (AvgIpc) is 2.97. The summed E-state index contributed by atoms with van der Waals surface area (Å²) in [6, 6.07) is 7.15. The Bertz CT molecular complexity index is 1090. The Kier molecular flexibility index (Phi) is 5.98. The third-order valence-electron chi connectivity index (χ3n) is 6.05. The zero-order valence-corrected chi connectivity index (χ0v) is 18.1. The van der Waals surface area contributed by atoms with Gasteiger partial charge in [-0.1, -0.05) is 6.92 Å². The van der Waals surface area contributed by atoms with Crippen molar-refractivity contribution in [2.75, 3.05) is 21.3 Å². The van der Waals surface area contributed by atoms with Crippen molar-refractivity contribution in [2.24, 2.45) is 0 Å². The van der Waals surface area contributed by atoms with E-state index in [2.05, 4.69) is 0 Å². The summed E-state index contributed by atoms with van der Waals surface area (Å²) in [4.78, 5) is 11.6. The maximum atomic E-state index is 13.3. The van der Waals surface area contributed by atoms with E-state index in [1.165, 1.54) is 26.4 Å². The van der Waals surface area contributed by atoms with Crippen LogP contribution in [0.15, 0.2) is 36.4 Å². The Hall–Kier alpha value is -3.09. The van der Waals surface area contributed by atoms with Crippen LogP contribution in [0.3, 0.4) is 0 Å². The van der Waals surface area contributed by atoms with Gasteiger partial charge in [-0.15, -0.1) is 0 Å². The molecule has 2 aromatic rings. The lowest BCUT2D eigenvalue weighted by Gasteiger charge is -2.21. The maximum Gasteiger partial charge on any atom is 0.416 e. The lowest BCUT2D eigenvalue weighted by atomic mass is 9.76. The first kappa shape index (κ1) is 22.6. The number of alkyl halides is 3. The number of aldehydes is 1. The maximum absolute atomic E-state index is 13.3. The molecule has 0 aromatic heterocycles. The second-order valence-electron chi connectivity index (χ2n) is 7.64. The van der Waals surface area contributed by atoms with Crippen molar-refractivity contribution >= 4 is 23.8 Å². The molecule has 1 aliphatic heterocycles. The Morgan fingerprint density at radius 2 is 1.81 bits per heavy atom. The standard InChI is InChI=1S/C24H25F3NO3/c1-6-23(2)19-12-16(24(25,26)27)7-9-20(19)28(3)22(23)10-8-18-15(14-29)11-17(30-4)13-21(18)31-5/h7-14H,6H2,1-5H3/q+1/b10-8+. The van der Waals surface area contributed by atoms with Gasteiger partial charge in [0.15, 0.2) is 12.0 Å². The van der Waals surface area contributed by atoms with Gasteiger partial charge in [0.2, 0.25) is 5.69 Å². The lowest BCUT2D eigenvalue weighted by molar-refractivity contribution is -0.401. The smallest absolute Gasteiger partial charge is 0.416 e. The van der Waals surface area contributed by atoms with Crippen molar-refractivity contribution in [1.29, 1.82) is 0 Å². The first-order valence-electron chi connectivity index (χ1n) is 9.82. The highest BCUT2D eigenvalue weighted by atomic mass is 19.4. The molecule has 0 spiro atoms. The molecule has 164 valence electrons. The summed E-state index contributed by atoms with van der Waals surface area (Å²) in [6.45, 7) is 3.88. The summed E-state index contributed by atoms with van der Waals surface area (Å²) in [5, 5.41) is 0. The monoisotopic (exact) mass is 432 g/mol. The lowest BCUT2D eigenvalue weighted by Crippen LogP contribution is -2.29. The van der Waals surface area contributed by atoms with E-state index in [9.17, 15) is 18.0 Å². The van der Waals surface area contributed by atoms with Crippen LogP contribution in [0.2, 0.25) is 0 Å². The molecule has 1 aliphatic rings. The van der Waals surface area contributed by atoms with Crippen molar-refractivity contribution in [3.63, 3.8) is 0 Å². The van der Waals surface area contributed by atoms with Gasteiger partial charge in [0.1, 0.15) is 18.5 Å². The summed E-state index contributed by atoms with van der Waals surface area (Å²) in [7, 11) is 4.83. The fraction of sp³-hybridized carbons (Fsp3) is 0.333. The molecule has 3 rings (SSSR count). The van der Waals surface area contributed by atoms with Gasteiger partial charge in [-0.2, -0.15) is 17.7 Å². The van der Waals surface area contributed by atoms with Gasteiger partial charge < -0.3 is 9.47 Å². The molecule has 0 amide bonds. The molecule has 0 N–H and O–H groups in total. The van der Waals surface area contributed by atoms with Crippen molar-refractivity contribution in [3.05, 3.63) is 58.7 Å². The summed E-state index contributed by atoms with van der Waals surface area (Å²) in [5.74, 6) is 0.959. The largest absolute Gasteiger partial charge is 0.497 e. The zero-order chi connectivity index (χ0) is 23.0. The zero-order valence-electron chi connectivity index (χ0n) is 18.1. The van der Waals surface area contributed by atoms with E-state index >= 15 is 0 Å². The number of hydrogen-bond acceptors (Lipinski definition) is 3. The SMILES string of the molecule is CCC1(C)C(/C=C/c2c(C=O)cc(OC)cc2OC)=[N+](C)c2ccc(C(F)(F)F)cc21. The number of methoxy groups -OCH3 is 2. The van der Waals surface area contributed by atoms with E-state index in [-0.39, 0.29) is 0 Å². The highest BCUT2D eigenvalue weighted by Gasteiger charge is 2.46. The molecule has 0 fully saturated rings. The minimum atomic E-state index is -4.41. The van der Waals surface area contributed by atoms with Crippen LogP contribution >= 0.6 is 0 Å². The molecule has 0 bridgehead atoms. The fourth-order valence-electron chi connectivity index (χ4n) is 4.10. The Balaban J connectivity index is 2.13. The van der Waals surface area contributed by atoms with Gasteiger partial charge in [-0.25, -0.2) is 0 Å². The van der Waals surface area contributed by atoms with Crippen molar-refractivity contribution < 1.29 is 32.0 Å². The molecule has 0 radical (unpaired) electrons. The van der Waals surface area contributed by atoms with Gasteiger partial charge in [0.25, 0.3) is 0 Å². The van der Waals surface area contributed by atoms with Crippen molar-refractivity contribution in [3.8, 4) is 11.5 Å². The molecule has 31 heavy (non-hydrogen) atoms. The Morgan fingerprint density at radius 1 is 1.10 bits per heavy atom. The van der Waals surface area contributed by atoms with Gasteiger partial charge >= 0.3 is 6.18 Å². The van der Waals surface area contributed by atoms with E-state index in [4.69, 9.17) is 9.47 Å². The Morgan fingerprint density at radius 3 is 2.35 bits per heavy atom. The van der Waals surface area contributed by atoms with Crippen LogP contribution in [0.1, 0.15) is 47.3 Å². The van der Waals surface area contributed by atoms with Gasteiger partial charge in [0, 0.05) is 34.9 Å². The van der Waals surface area contributed by atoms with Gasteiger partial charge in [-0.3, -0.25) is 4.79 Å². The van der Waals surface area contributed by atoms with Crippen molar-refractivity contribution in [2.45, 2.75) is 31.9 Å². The average molecular weight is 432 g/mol. The number of hydrogen-bond donors (Lipinski definition) is 0. The molecule has 1 unspecified atom stereocenters. The normalized spacial score (nSPS) is 18.5. The molecule has 0 aliphatic carbocycles. The highest BCUT2D eigenvalue weighted by Crippen LogP contribution is 2.44. The quantitative estimate of drug-likeness (QED) is 0.438. The molecular formula is C24H25F3NO3+. The number of allylic oxidation sites excluding steroid dienone is 1. The van der Waals surface area contributed by atoms with Crippen LogP contribution in [0.5, 0.6) is 11.5 Å². The summed E-state index contributed by atoms with van der Waals surface area (Å²) >= 11 is 0. The number of carbonyl (C=O) groups excluding carboxylic acids is 1. The molecule has 7 heteroatoms. The minimum Gasteiger partial charge on any atom is -0.497 e. The molecule has 2 aromatic carbocycles. The Labute approximate surface area is 179 Å². The fourth-order valence-corrected chi connectivity index (χ4v) is 4.10. The highest BCUT2D eigenvalue weighted by molar-refractivity contribution is 6.06. The summed E-state index contributed by atoms with van der Waals surface area (Å²) < 4.78 is 52.5.